The van der Waals surface area contributed by atoms with Gasteiger partial charge in [-0.05, 0) is 26.0 Å². The highest BCUT2D eigenvalue weighted by Gasteiger charge is 2.17. The van der Waals surface area contributed by atoms with Gasteiger partial charge in [0.05, 0.1) is 5.25 Å². The lowest BCUT2D eigenvalue weighted by molar-refractivity contribution is -0.115. The van der Waals surface area contributed by atoms with E-state index in [1.165, 1.54) is 23.1 Å². The standard InChI is InChI=1S/C12H14N4OS2/c1-7(18-10-6-4-3-5-9(10)13)11(17)14-12-16-15-8(2)19-12/h3-7H,13H2,1-2H3,(H,14,16,17). The summed E-state index contributed by atoms with van der Waals surface area (Å²) in [6, 6.07) is 7.49. The van der Waals surface area contributed by atoms with Crippen LogP contribution in [0.1, 0.15) is 11.9 Å². The fourth-order valence-corrected chi connectivity index (χ4v) is 2.89. The summed E-state index contributed by atoms with van der Waals surface area (Å²) in [5.74, 6) is -0.107. The minimum atomic E-state index is -0.256. The first-order chi connectivity index (χ1) is 9.06. The number of nitrogen functional groups attached to an aromatic ring is 1. The number of anilines is 2. The summed E-state index contributed by atoms with van der Waals surface area (Å²) < 4.78 is 0. The van der Waals surface area contributed by atoms with Crippen LogP contribution in [0, 0.1) is 6.92 Å². The number of nitrogens with two attached hydrogens (primary N) is 1. The van der Waals surface area contributed by atoms with Crippen molar-refractivity contribution < 1.29 is 4.79 Å². The van der Waals surface area contributed by atoms with Crippen LogP contribution in [0.2, 0.25) is 0 Å². The van der Waals surface area contributed by atoms with Crippen molar-refractivity contribution in [2.24, 2.45) is 0 Å². The molecule has 19 heavy (non-hydrogen) atoms. The van der Waals surface area contributed by atoms with Crippen molar-refractivity contribution >= 4 is 39.8 Å². The zero-order valence-corrected chi connectivity index (χ0v) is 12.2. The molecule has 2 aromatic rings. The summed E-state index contributed by atoms with van der Waals surface area (Å²) in [5.41, 5.74) is 6.53. The van der Waals surface area contributed by atoms with E-state index in [0.717, 1.165) is 9.90 Å². The number of aromatic nitrogens is 2. The van der Waals surface area contributed by atoms with E-state index < -0.39 is 0 Å². The molecule has 0 bridgehead atoms. The van der Waals surface area contributed by atoms with E-state index >= 15 is 0 Å². The van der Waals surface area contributed by atoms with E-state index in [1.54, 1.807) is 0 Å². The topological polar surface area (TPSA) is 80.9 Å². The third kappa shape index (κ3) is 3.68. The van der Waals surface area contributed by atoms with Gasteiger partial charge in [0.2, 0.25) is 11.0 Å². The zero-order chi connectivity index (χ0) is 13.8. The van der Waals surface area contributed by atoms with Crippen LogP contribution in [0.25, 0.3) is 0 Å². The third-order valence-electron chi connectivity index (χ3n) is 2.35. The number of hydrogen-bond acceptors (Lipinski definition) is 6. The van der Waals surface area contributed by atoms with Gasteiger partial charge >= 0.3 is 0 Å². The molecular formula is C12H14N4OS2. The number of amides is 1. The second kappa shape index (κ2) is 6.03. The summed E-state index contributed by atoms with van der Waals surface area (Å²) in [7, 11) is 0. The smallest absolute Gasteiger partial charge is 0.239 e. The highest BCUT2D eigenvalue weighted by Crippen LogP contribution is 2.29. The van der Waals surface area contributed by atoms with E-state index in [2.05, 4.69) is 15.5 Å². The van der Waals surface area contributed by atoms with E-state index in [9.17, 15) is 4.79 Å². The number of nitrogens with one attached hydrogen (secondary N) is 1. The largest absolute Gasteiger partial charge is 0.398 e. The number of carbonyl (C=O) groups is 1. The van der Waals surface area contributed by atoms with Gasteiger partial charge in [-0.25, -0.2) is 0 Å². The fraction of sp³-hybridized carbons (Fsp3) is 0.250. The Bertz CT molecular complexity index is 585. The Balaban J connectivity index is 1.98. The number of rotatable bonds is 4. The zero-order valence-electron chi connectivity index (χ0n) is 10.6. The van der Waals surface area contributed by atoms with Crippen LogP contribution in [0.15, 0.2) is 29.2 Å². The van der Waals surface area contributed by atoms with Gasteiger partial charge in [0.15, 0.2) is 0 Å². The molecule has 1 heterocycles. The van der Waals surface area contributed by atoms with E-state index in [0.29, 0.717) is 10.8 Å². The molecule has 1 aromatic carbocycles. The fourth-order valence-electron chi connectivity index (χ4n) is 1.39. The summed E-state index contributed by atoms with van der Waals surface area (Å²) in [5, 5.41) is 11.6. The molecule has 3 N–H and O–H groups in total. The van der Waals surface area contributed by atoms with Crippen molar-refractivity contribution in [2.75, 3.05) is 11.1 Å². The minimum Gasteiger partial charge on any atom is -0.398 e. The third-order valence-corrected chi connectivity index (χ3v) is 4.30. The van der Waals surface area contributed by atoms with Gasteiger partial charge in [-0.3, -0.25) is 10.1 Å². The molecule has 0 radical (unpaired) electrons. The quantitative estimate of drug-likeness (QED) is 0.669. The molecule has 1 amide bonds. The molecule has 0 aliphatic carbocycles. The van der Waals surface area contributed by atoms with Crippen molar-refractivity contribution in [2.45, 2.75) is 24.0 Å². The lowest BCUT2D eigenvalue weighted by Crippen LogP contribution is -2.22. The van der Waals surface area contributed by atoms with Gasteiger partial charge in [0.1, 0.15) is 5.01 Å². The maximum atomic E-state index is 12.0. The van der Waals surface area contributed by atoms with Crippen LogP contribution in [-0.4, -0.2) is 21.4 Å². The maximum absolute atomic E-state index is 12.0. The van der Waals surface area contributed by atoms with Crippen molar-refractivity contribution in [3.05, 3.63) is 29.3 Å². The molecule has 7 heteroatoms. The Labute approximate surface area is 119 Å². The molecule has 2 rings (SSSR count). The Kier molecular flexibility index (Phi) is 4.39. The van der Waals surface area contributed by atoms with E-state index in [4.69, 9.17) is 5.73 Å². The van der Waals surface area contributed by atoms with Crippen LogP contribution in [0.3, 0.4) is 0 Å². The normalized spacial score (nSPS) is 12.1. The first kappa shape index (κ1) is 13.8. The number of aryl methyl sites for hydroxylation is 1. The molecule has 0 saturated carbocycles. The number of nitrogens with zero attached hydrogens (tertiary/aromatic N) is 2. The van der Waals surface area contributed by atoms with Crippen LogP contribution < -0.4 is 11.1 Å². The first-order valence-electron chi connectivity index (χ1n) is 5.68. The summed E-state index contributed by atoms with van der Waals surface area (Å²) in [4.78, 5) is 12.9. The van der Waals surface area contributed by atoms with Crippen molar-refractivity contribution in [3.8, 4) is 0 Å². The summed E-state index contributed by atoms with van der Waals surface area (Å²) >= 11 is 2.78. The Morgan fingerprint density at radius 1 is 1.42 bits per heavy atom. The number of thioether (sulfide) groups is 1. The summed E-state index contributed by atoms with van der Waals surface area (Å²) in [6.07, 6.45) is 0. The average Bonchev–Trinajstić information content (AvgIpc) is 2.77. The SMILES string of the molecule is Cc1nnc(NC(=O)C(C)Sc2ccccc2N)s1. The molecule has 0 fully saturated rings. The van der Waals surface area contributed by atoms with Gasteiger partial charge in [-0.1, -0.05) is 23.5 Å². The molecule has 0 spiro atoms. The van der Waals surface area contributed by atoms with Gasteiger partial charge in [0, 0.05) is 10.6 Å². The number of benzene rings is 1. The molecule has 0 saturated heterocycles. The minimum absolute atomic E-state index is 0.107. The molecule has 1 unspecified atom stereocenters. The van der Waals surface area contributed by atoms with Crippen molar-refractivity contribution in [1.82, 2.24) is 10.2 Å². The van der Waals surface area contributed by atoms with E-state index in [1.807, 2.05) is 38.1 Å². The maximum Gasteiger partial charge on any atom is 0.239 e. The lowest BCUT2D eigenvalue weighted by Gasteiger charge is -2.11. The second-order valence-corrected chi connectivity index (χ2v) is 6.48. The number of para-hydroxylation sites is 1. The molecule has 1 atom stereocenters. The highest BCUT2D eigenvalue weighted by molar-refractivity contribution is 8.00. The first-order valence-corrected chi connectivity index (χ1v) is 7.38. The van der Waals surface area contributed by atoms with Crippen molar-refractivity contribution in [1.29, 1.82) is 0 Å². The number of hydrogen-bond donors (Lipinski definition) is 2. The lowest BCUT2D eigenvalue weighted by atomic mass is 10.3. The predicted octanol–water partition coefficient (Wildman–Crippen LogP) is 2.55. The van der Waals surface area contributed by atoms with Gasteiger partial charge in [0.25, 0.3) is 0 Å². The molecule has 1 aromatic heterocycles. The predicted molar refractivity (Wildman–Crippen MR) is 79.4 cm³/mol. The molecule has 0 aliphatic rings. The molecule has 100 valence electrons. The van der Waals surface area contributed by atoms with Gasteiger partial charge < -0.3 is 5.73 Å². The summed E-state index contributed by atoms with van der Waals surface area (Å²) in [6.45, 7) is 3.68. The monoisotopic (exact) mass is 294 g/mol. The number of carbonyl (C=O) groups excluding carboxylic acids is 1. The Hall–Kier alpha value is -1.60. The van der Waals surface area contributed by atoms with Gasteiger partial charge in [-0.2, -0.15) is 0 Å². The van der Waals surface area contributed by atoms with Crippen LogP contribution in [0.5, 0.6) is 0 Å². The van der Waals surface area contributed by atoms with Crippen LogP contribution >= 0.6 is 23.1 Å². The average molecular weight is 294 g/mol. The van der Waals surface area contributed by atoms with Crippen LogP contribution in [0.4, 0.5) is 10.8 Å². The molecule has 5 nitrogen and oxygen atoms in total. The van der Waals surface area contributed by atoms with E-state index in [-0.39, 0.29) is 11.2 Å². The Morgan fingerprint density at radius 3 is 2.79 bits per heavy atom. The second-order valence-electron chi connectivity index (χ2n) is 3.91. The molecular weight excluding hydrogens is 280 g/mol. The molecule has 0 aliphatic heterocycles. The Morgan fingerprint density at radius 2 is 2.16 bits per heavy atom. The van der Waals surface area contributed by atoms with Crippen molar-refractivity contribution in [3.63, 3.8) is 0 Å². The highest BCUT2D eigenvalue weighted by atomic mass is 32.2. The van der Waals surface area contributed by atoms with Gasteiger partial charge in [-0.15, -0.1) is 22.0 Å². The van der Waals surface area contributed by atoms with Crippen LogP contribution in [-0.2, 0) is 4.79 Å².